The molecule has 0 aliphatic heterocycles. The molecule has 0 atom stereocenters. The van der Waals surface area contributed by atoms with Crippen molar-refractivity contribution >= 4 is 21.7 Å². The highest BCUT2D eigenvalue weighted by Crippen LogP contribution is 2.26. The number of aromatic nitrogens is 2. The van der Waals surface area contributed by atoms with E-state index in [1.807, 2.05) is 0 Å². The quantitative estimate of drug-likeness (QED) is 0.786. The van der Waals surface area contributed by atoms with E-state index in [0.717, 1.165) is 54.2 Å². The number of anilines is 1. The Morgan fingerprint density at radius 1 is 1.25 bits per heavy atom. The van der Waals surface area contributed by atoms with E-state index in [1.54, 1.807) is 0 Å². The summed E-state index contributed by atoms with van der Waals surface area (Å²) < 4.78 is 1.02. The highest BCUT2D eigenvalue weighted by molar-refractivity contribution is 9.10. The average Bonchev–Trinajstić information content (AvgIpc) is 2.37. The molecule has 1 N–H and O–H groups in total. The molecule has 0 amide bonds. The van der Waals surface area contributed by atoms with Crippen molar-refractivity contribution in [3.05, 3.63) is 16.0 Å². The second-order valence-electron chi connectivity index (χ2n) is 5.83. The molecule has 0 unspecified atom stereocenters. The van der Waals surface area contributed by atoms with Crippen LogP contribution in [-0.4, -0.2) is 42.1 Å². The standard InChI is InChI=1S/C15H27BrN4/c1-6-8-17-15-14(16)12(10-11(2)3)18-13(19-15)7-9-20(4)5/h11H,6-10H2,1-5H3,(H,17,18,19). The number of hydrogen-bond acceptors (Lipinski definition) is 4. The Bertz CT molecular complexity index is 419. The minimum absolute atomic E-state index is 0.585. The number of halogens is 1. The molecule has 0 saturated carbocycles. The predicted octanol–water partition coefficient (Wildman–Crippen LogP) is 3.36. The summed E-state index contributed by atoms with van der Waals surface area (Å²) in [6, 6.07) is 0. The molecule has 4 nitrogen and oxygen atoms in total. The van der Waals surface area contributed by atoms with Crippen molar-refractivity contribution in [3.63, 3.8) is 0 Å². The SMILES string of the molecule is CCCNc1nc(CCN(C)C)nc(CC(C)C)c1Br. The average molecular weight is 343 g/mol. The first-order valence-electron chi connectivity index (χ1n) is 7.37. The first-order valence-corrected chi connectivity index (χ1v) is 8.17. The lowest BCUT2D eigenvalue weighted by molar-refractivity contribution is 0.409. The third-order valence-corrected chi connectivity index (χ3v) is 3.73. The number of nitrogens with one attached hydrogen (secondary N) is 1. The van der Waals surface area contributed by atoms with Gasteiger partial charge in [0.25, 0.3) is 0 Å². The summed E-state index contributed by atoms with van der Waals surface area (Å²) in [5, 5.41) is 3.39. The first kappa shape index (κ1) is 17.4. The normalized spacial score (nSPS) is 11.4. The van der Waals surface area contributed by atoms with Gasteiger partial charge in [-0.05, 0) is 48.8 Å². The van der Waals surface area contributed by atoms with E-state index in [4.69, 9.17) is 4.98 Å². The molecule has 1 aromatic heterocycles. The van der Waals surface area contributed by atoms with Crippen molar-refractivity contribution < 1.29 is 0 Å². The van der Waals surface area contributed by atoms with Crippen molar-refractivity contribution in [1.82, 2.24) is 14.9 Å². The van der Waals surface area contributed by atoms with Crippen LogP contribution >= 0.6 is 15.9 Å². The maximum absolute atomic E-state index is 4.73. The molecule has 0 fully saturated rings. The van der Waals surface area contributed by atoms with Crippen molar-refractivity contribution in [2.45, 2.75) is 40.0 Å². The molecule has 0 spiro atoms. The fraction of sp³-hybridized carbons (Fsp3) is 0.733. The van der Waals surface area contributed by atoms with Crippen LogP contribution in [0.5, 0.6) is 0 Å². The van der Waals surface area contributed by atoms with E-state index in [0.29, 0.717) is 5.92 Å². The molecule has 0 aromatic carbocycles. The van der Waals surface area contributed by atoms with Crippen LogP contribution in [0.4, 0.5) is 5.82 Å². The molecule has 114 valence electrons. The van der Waals surface area contributed by atoms with Gasteiger partial charge in [-0.25, -0.2) is 9.97 Å². The first-order chi connectivity index (χ1) is 9.43. The summed E-state index contributed by atoms with van der Waals surface area (Å²) in [6.07, 6.45) is 2.94. The molecule has 0 bridgehead atoms. The number of rotatable bonds is 8. The summed E-state index contributed by atoms with van der Waals surface area (Å²) >= 11 is 3.66. The van der Waals surface area contributed by atoms with Gasteiger partial charge < -0.3 is 10.2 Å². The van der Waals surface area contributed by atoms with Crippen LogP contribution in [-0.2, 0) is 12.8 Å². The van der Waals surface area contributed by atoms with Gasteiger partial charge in [0.05, 0.1) is 10.2 Å². The van der Waals surface area contributed by atoms with Crippen LogP contribution < -0.4 is 5.32 Å². The van der Waals surface area contributed by atoms with Crippen molar-refractivity contribution in [3.8, 4) is 0 Å². The van der Waals surface area contributed by atoms with Crippen LogP contribution in [0.15, 0.2) is 4.47 Å². The minimum Gasteiger partial charge on any atom is -0.369 e. The summed E-state index contributed by atoms with van der Waals surface area (Å²) in [5.41, 5.74) is 1.11. The second kappa shape index (κ2) is 8.57. The Kier molecular flexibility index (Phi) is 7.45. The van der Waals surface area contributed by atoms with Gasteiger partial charge in [0.2, 0.25) is 0 Å². The van der Waals surface area contributed by atoms with Gasteiger partial charge in [-0.2, -0.15) is 0 Å². The van der Waals surface area contributed by atoms with Crippen molar-refractivity contribution in [2.24, 2.45) is 5.92 Å². The largest absolute Gasteiger partial charge is 0.369 e. The molecule has 0 aliphatic rings. The summed E-state index contributed by atoms with van der Waals surface area (Å²) in [7, 11) is 4.15. The topological polar surface area (TPSA) is 41.1 Å². The highest BCUT2D eigenvalue weighted by Gasteiger charge is 2.13. The second-order valence-corrected chi connectivity index (χ2v) is 6.62. The van der Waals surface area contributed by atoms with Crippen molar-refractivity contribution in [1.29, 1.82) is 0 Å². The number of nitrogens with zero attached hydrogens (tertiary/aromatic N) is 3. The van der Waals surface area contributed by atoms with Gasteiger partial charge in [-0.15, -0.1) is 0 Å². The molecule has 0 radical (unpaired) electrons. The molecule has 20 heavy (non-hydrogen) atoms. The minimum atomic E-state index is 0.585. The predicted molar refractivity (Wildman–Crippen MR) is 89.3 cm³/mol. The molecular weight excluding hydrogens is 316 g/mol. The van der Waals surface area contributed by atoms with E-state index >= 15 is 0 Å². The van der Waals surface area contributed by atoms with Gasteiger partial charge in [0.15, 0.2) is 0 Å². The zero-order chi connectivity index (χ0) is 15.1. The van der Waals surface area contributed by atoms with Gasteiger partial charge in [0, 0.05) is 19.5 Å². The summed E-state index contributed by atoms with van der Waals surface area (Å²) in [4.78, 5) is 11.5. The zero-order valence-corrected chi connectivity index (χ0v) is 14.9. The molecular formula is C15H27BrN4. The summed E-state index contributed by atoms with van der Waals surface area (Å²) in [6.45, 7) is 8.49. The van der Waals surface area contributed by atoms with E-state index < -0.39 is 0 Å². The zero-order valence-electron chi connectivity index (χ0n) is 13.3. The Hall–Kier alpha value is -0.680. The lowest BCUT2D eigenvalue weighted by Crippen LogP contribution is -2.18. The number of hydrogen-bond donors (Lipinski definition) is 1. The Balaban J connectivity index is 2.98. The van der Waals surface area contributed by atoms with Crippen molar-refractivity contribution in [2.75, 3.05) is 32.5 Å². The molecule has 1 rings (SSSR count). The number of likely N-dealkylation sites (N-methyl/N-ethyl adjacent to an activating group) is 1. The third-order valence-electron chi connectivity index (χ3n) is 2.89. The summed E-state index contributed by atoms with van der Waals surface area (Å²) in [5.74, 6) is 2.45. The van der Waals surface area contributed by atoms with Crippen LogP contribution in [0.1, 0.15) is 38.7 Å². The molecule has 1 aromatic rings. The van der Waals surface area contributed by atoms with E-state index in [9.17, 15) is 0 Å². The fourth-order valence-electron chi connectivity index (χ4n) is 1.86. The Morgan fingerprint density at radius 3 is 2.50 bits per heavy atom. The van der Waals surface area contributed by atoms with Crippen LogP contribution in [0.3, 0.4) is 0 Å². The van der Waals surface area contributed by atoms with E-state index in [-0.39, 0.29) is 0 Å². The van der Waals surface area contributed by atoms with Crippen LogP contribution in [0, 0.1) is 5.92 Å². The lowest BCUT2D eigenvalue weighted by atomic mass is 10.1. The Morgan fingerprint density at radius 2 is 1.95 bits per heavy atom. The van der Waals surface area contributed by atoms with Gasteiger partial charge in [-0.1, -0.05) is 20.8 Å². The molecule has 1 heterocycles. The highest BCUT2D eigenvalue weighted by atomic mass is 79.9. The monoisotopic (exact) mass is 342 g/mol. The van der Waals surface area contributed by atoms with Gasteiger partial charge >= 0.3 is 0 Å². The smallest absolute Gasteiger partial charge is 0.144 e. The molecule has 5 heteroatoms. The maximum atomic E-state index is 4.73. The maximum Gasteiger partial charge on any atom is 0.144 e. The van der Waals surface area contributed by atoms with E-state index in [1.165, 1.54) is 0 Å². The third kappa shape index (κ3) is 5.75. The van der Waals surface area contributed by atoms with Gasteiger partial charge in [0.1, 0.15) is 11.6 Å². The van der Waals surface area contributed by atoms with Crippen LogP contribution in [0.25, 0.3) is 0 Å². The van der Waals surface area contributed by atoms with Gasteiger partial charge in [-0.3, -0.25) is 0 Å². The lowest BCUT2D eigenvalue weighted by Gasteiger charge is -2.15. The molecule has 0 aliphatic carbocycles. The van der Waals surface area contributed by atoms with E-state index in [2.05, 4.69) is 66.0 Å². The molecule has 0 saturated heterocycles. The fourth-order valence-corrected chi connectivity index (χ4v) is 2.34. The van der Waals surface area contributed by atoms with Crippen LogP contribution in [0.2, 0.25) is 0 Å². The Labute approximate surface area is 131 Å².